The second kappa shape index (κ2) is 8.39. The molecule has 0 aliphatic rings. The number of ether oxygens (including phenoxy) is 2. The Morgan fingerprint density at radius 2 is 1.90 bits per heavy atom. The molecule has 0 atom stereocenters. The molecule has 0 saturated carbocycles. The number of benzene rings is 1. The van der Waals surface area contributed by atoms with Crippen LogP contribution < -0.4 is 10.1 Å². The molecule has 1 heterocycles. The number of pyridine rings is 1. The number of nitrogens with one attached hydrogen (secondary N) is 1. The van der Waals surface area contributed by atoms with E-state index in [4.69, 9.17) is 9.47 Å². The van der Waals surface area contributed by atoms with E-state index in [0.29, 0.717) is 13.2 Å². The van der Waals surface area contributed by atoms with E-state index in [2.05, 4.69) is 17.2 Å². The quantitative estimate of drug-likeness (QED) is 0.598. The fraction of sp³-hybridized carbons (Fsp3) is 0.353. The highest BCUT2D eigenvalue weighted by Crippen LogP contribution is 2.17. The van der Waals surface area contributed by atoms with Gasteiger partial charge in [-0.05, 0) is 31.2 Å². The Kier molecular flexibility index (Phi) is 6.19. The topological polar surface area (TPSA) is 43.4 Å². The number of rotatable bonds is 8. The molecule has 21 heavy (non-hydrogen) atoms. The first-order valence-corrected chi connectivity index (χ1v) is 7.21. The first-order chi connectivity index (χ1) is 10.3. The molecule has 0 spiro atoms. The molecule has 0 amide bonds. The van der Waals surface area contributed by atoms with Crippen molar-refractivity contribution in [1.82, 2.24) is 10.3 Å². The summed E-state index contributed by atoms with van der Waals surface area (Å²) in [4.78, 5) is 4.50. The smallest absolute Gasteiger partial charge is 0.189 e. The van der Waals surface area contributed by atoms with Crippen molar-refractivity contribution in [3.63, 3.8) is 0 Å². The summed E-state index contributed by atoms with van der Waals surface area (Å²) in [5.41, 5.74) is 3.04. The summed E-state index contributed by atoms with van der Waals surface area (Å²) in [5.74, 6) is 0.773. The van der Waals surface area contributed by atoms with Crippen LogP contribution in [0, 0.1) is 6.92 Å². The van der Waals surface area contributed by atoms with E-state index < -0.39 is 0 Å². The lowest BCUT2D eigenvalue weighted by Gasteiger charge is -2.12. The van der Waals surface area contributed by atoms with Crippen LogP contribution in [-0.2, 0) is 17.9 Å². The molecular weight excluding hydrogens is 264 g/mol. The summed E-state index contributed by atoms with van der Waals surface area (Å²) in [7, 11) is 0. The van der Waals surface area contributed by atoms with Gasteiger partial charge in [-0.1, -0.05) is 37.3 Å². The van der Waals surface area contributed by atoms with E-state index in [0.717, 1.165) is 29.2 Å². The Morgan fingerprint density at radius 1 is 1.10 bits per heavy atom. The van der Waals surface area contributed by atoms with Gasteiger partial charge in [0.25, 0.3) is 0 Å². The average molecular weight is 286 g/mol. The van der Waals surface area contributed by atoms with Gasteiger partial charge in [0.05, 0.1) is 12.3 Å². The zero-order chi connectivity index (χ0) is 14.9. The van der Waals surface area contributed by atoms with Gasteiger partial charge in [-0.3, -0.25) is 4.98 Å². The molecule has 2 aromatic rings. The minimum absolute atomic E-state index is 0.221. The molecule has 1 aromatic carbocycles. The van der Waals surface area contributed by atoms with Crippen molar-refractivity contribution in [3.8, 4) is 5.75 Å². The molecule has 112 valence electrons. The predicted octanol–water partition coefficient (Wildman–Crippen LogP) is 3.05. The van der Waals surface area contributed by atoms with Gasteiger partial charge in [-0.25, -0.2) is 0 Å². The normalized spacial score (nSPS) is 10.6. The van der Waals surface area contributed by atoms with E-state index in [1.807, 2.05) is 49.4 Å². The average Bonchev–Trinajstić information content (AvgIpc) is 2.52. The van der Waals surface area contributed by atoms with E-state index in [1.54, 1.807) is 0 Å². The van der Waals surface area contributed by atoms with Crippen LogP contribution >= 0.6 is 0 Å². The van der Waals surface area contributed by atoms with Crippen molar-refractivity contribution in [1.29, 1.82) is 0 Å². The SMILES string of the molecule is CCNCc1nc(C)ccc1OCOCc1ccccc1. The molecule has 0 unspecified atom stereocenters. The highest BCUT2D eigenvalue weighted by Gasteiger charge is 2.05. The first kappa shape index (κ1) is 15.5. The van der Waals surface area contributed by atoms with Gasteiger partial charge in [0.1, 0.15) is 5.75 Å². The third-order valence-corrected chi connectivity index (χ3v) is 3.02. The van der Waals surface area contributed by atoms with E-state index in [-0.39, 0.29) is 6.79 Å². The molecule has 1 aromatic heterocycles. The Balaban J connectivity index is 1.84. The largest absolute Gasteiger partial charge is 0.466 e. The van der Waals surface area contributed by atoms with Crippen LogP contribution in [-0.4, -0.2) is 18.3 Å². The van der Waals surface area contributed by atoms with Crippen LogP contribution in [0.4, 0.5) is 0 Å². The maximum Gasteiger partial charge on any atom is 0.189 e. The summed E-state index contributed by atoms with van der Waals surface area (Å²) in [6.07, 6.45) is 0. The van der Waals surface area contributed by atoms with E-state index in [1.165, 1.54) is 0 Å². The zero-order valence-electron chi connectivity index (χ0n) is 12.6. The molecule has 0 aliphatic carbocycles. The summed E-state index contributed by atoms with van der Waals surface area (Å²) >= 11 is 0. The van der Waals surface area contributed by atoms with Gasteiger partial charge in [-0.15, -0.1) is 0 Å². The van der Waals surface area contributed by atoms with Crippen LogP contribution in [0.15, 0.2) is 42.5 Å². The maximum atomic E-state index is 5.69. The summed E-state index contributed by atoms with van der Waals surface area (Å²) in [6.45, 7) is 6.41. The molecule has 2 rings (SSSR count). The number of aryl methyl sites for hydroxylation is 1. The molecule has 0 radical (unpaired) electrons. The minimum Gasteiger partial charge on any atom is -0.466 e. The fourth-order valence-electron chi connectivity index (χ4n) is 1.94. The number of hydrogen-bond acceptors (Lipinski definition) is 4. The monoisotopic (exact) mass is 286 g/mol. The van der Waals surface area contributed by atoms with Crippen molar-refractivity contribution in [2.24, 2.45) is 0 Å². The van der Waals surface area contributed by atoms with Crippen LogP contribution in [0.25, 0.3) is 0 Å². The Morgan fingerprint density at radius 3 is 2.67 bits per heavy atom. The van der Waals surface area contributed by atoms with Crippen LogP contribution in [0.2, 0.25) is 0 Å². The fourth-order valence-corrected chi connectivity index (χ4v) is 1.94. The third-order valence-electron chi connectivity index (χ3n) is 3.02. The van der Waals surface area contributed by atoms with Crippen LogP contribution in [0.5, 0.6) is 5.75 Å². The second-order valence-electron chi connectivity index (χ2n) is 4.77. The Labute approximate surface area is 126 Å². The third kappa shape index (κ3) is 5.17. The van der Waals surface area contributed by atoms with E-state index in [9.17, 15) is 0 Å². The van der Waals surface area contributed by atoms with Crippen molar-refractivity contribution < 1.29 is 9.47 Å². The van der Waals surface area contributed by atoms with Gasteiger partial charge in [0.15, 0.2) is 6.79 Å². The number of nitrogens with zero attached hydrogens (tertiary/aromatic N) is 1. The molecule has 4 heteroatoms. The minimum atomic E-state index is 0.221. The number of hydrogen-bond donors (Lipinski definition) is 1. The van der Waals surface area contributed by atoms with Gasteiger partial charge in [0.2, 0.25) is 0 Å². The lowest BCUT2D eigenvalue weighted by Crippen LogP contribution is -2.15. The van der Waals surface area contributed by atoms with Crippen LogP contribution in [0.3, 0.4) is 0 Å². The Hall–Kier alpha value is -1.91. The lowest BCUT2D eigenvalue weighted by atomic mass is 10.2. The maximum absolute atomic E-state index is 5.69. The van der Waals surface area contributed by atoms with Gasteiger partial charge < -0.3 is 14.8 Å². The summed E-state index contributed by atoms with van der Waals surface area (Å²) in [5, 5.41) is 3.27. The number of aromatic nitrogens is 1. The molecule has 1 N–H and O–H groups in total. The van der Waals surface area contributed by atoms with Crippen molar-refractivity contribution >= 4 is 0 Å². The standard InChI is InChI=1S/C17H22N2O2/c1-3-18-11-16-17(10-9-14(2)19-16)21-13-20-12-15-7-5-4-6-8-15/h4-10,18H,3,11-13H2,1-2H3. The lowest BCUT2D eigenvalue weighted by molar-refractivity contribution is 0.00423. The summed E-state index contributed by atoms with van der Waals surface area (Å²) < 4.78 is 11.2. The molecular formula is C17H22N2O2. The molecule has 0 aliphatic heterocycles. The first-order valence-electron chi connectivity index (χ1n) is 7.21. The predicted molar refractivity (Wildman–Crippen MR) is 83.1 cm³/mol. The van der Waals surface area contributed by atoms with Gasteiger partial charge >= 0.3 is 0 Å². The van der Waals surface area contributed by atoms with Gasteiger partial charge in [-0.2, -0.15) is 0 Å². The highest BCUT2D eigenvalue weighted by atomic mass is 16.7. The van der Waals surface area contributed by atoms with Crippen molar-refractivity contribution in [3.05, 3.63) is 59.4 Å². The van der Waals surface area contributed by atoms with E-state index >= 15 is 0 Å². The molecule has 0 fully saturated rings. The molecule has 4 nitrogen and oxygen atoms in total. The highest BCUT2D eigenvalue weighted by molar-refractivity contribution is 5.29. The Bertz CT molecular complexity index is 544. The van der Waals surface area contributed by atoms with Crippen LogP contribution in [0.1, 0.15) is 23.9 Å². The summed E-state index contributed by atoms with van der Waals surface area (Å²) in [6, 6.07) is 13.9. The van der Waals surface area contributed by atoms with Gasteiger partial charge in [0, 0.05) is 12.2 Å². The van der Waals surface area contributed by atoms with Crippen molar-refractivity contribution in [2.45, 2.75) is 27.0 Å². The molecule has 0 saturated heterocycles. The van der Waals surface area contributed by atoms with Crippen molar-refractivity contribution in [2.75, 3.05) is 13.3 Å². The zero-order valence-corrected chi connectivity index (χ0v) is 12.6. The second-order valence-corrected chi connectivity index (χ2v) is 4.77. The molecule has 0 bridgehead atoms.